The average molecular weight is 289 g/mol. The van der Waals surface area contributed by atoms with Gasteiger partial charge < -0.3 is 14.8 Å². The Morgan fingerprint density at radius 1 is 1.33 bits per heavy atom. The highest BCUT2D eigenvalue weighted by Crippen LogP contribution is 2.28. The molecule has 3 rings (SSSR count). The van der Waals surface area contributed by atoms with Crippen molar-refractivity contribution < 1.29 is 9.47 Å². The van der Waals surface area contributed by atoms with Gasteiger partial charge in [0.25, 0.3) is 0 Å². The molecule has 2 heterocycles. The maximum Gasteiger partial charge on any atom is 0.122 e. The van der Waals surface area contributed by atoms with Gasteiger partial charge in [0.1, 0.15) is 5.75 Å². The van der Waals surface area contributed by atoms with Crippen LogP contribution in [0.25, 0.3) is 0 Å². The minimum absolute atomic E-state index is 0.378. The van der Waals surface area contributed by atoms with E-state index in [9.17, 15) is 0 Å². The molecular weight excluding hydrogens is 262 g/mol. The second-order valence-electron chi connectivity index (χ2n) is 6.34. The van der Waals surface area contributed by atoms with Crippen molar-refractivity contribution in [2.75, 3.05) is 19.8 Å². The summed E-state index contributed by atoms with van der Waals surface area (Å²) in [6, 6.07) is 7.14. The number of fused-ring (bicyclic) bond motifs is 1. The summed E-state index contributed by atoms with van der Waals surface area (Å²) in [7, 11) is 0. The summed E-state index contributed by atoms with van der Waals surface area (Å²) in [5.41, 5.74) is 2.80. The molecule has 0 bridgehead atoms. The topological polar surface area (TPSA) is 30.5 Å². The summed E-state index contributed by atoms with van der Waals surface area (Å²) in [6.45, 7) is 7.26. The SMILES string of the molecule is CCNC(CCc1ccc2c(c1)CCO2)C1OCCC1C. The largest absolute Gasteiger partial charge is 0.493 e. The Labute approximate surface area is 128 Å². The fourth-order valence-corrected chi connectivity index (χ4v) is 3.59. The molecule has 3 unspecified atom stereocenters. The molecule has 3 heteroatoms. The zero-order chi connectivity index (χ0) is 14.7. The molecule has 2 aliphatic heterocycles. The lowest BCUT2D eigenvalue weighted by atomic mass is 9.92. The summed E-state index contributed by atoms with van der Waals surface area (Å²) in [6.07, 6.45) is 4.88. The van der Waals surface area contributed by atoms with Crippen molar-refractivity contribution in [2.45, 2.75) is 51.7 Å². The quantitative estimate of drug-likeness (QED) is 0.873. The zero-order valence-corrected chi connectivity index (χ0v) is 13.2. The van der Waals surface area contributed by atoms with Gasteiger partial charge in [-0.3, -0.25) is 0 Å². The smallest absolute Gasteiger partial charge is 0.122 e. The highest BCUT2D eigenvalue weighted by molar-refractivity contribution is 5.39. The Bertz CT molecular complexity index is 474. The van der Waals surface area contributed by atoms with Crippen molar-refractivity contribution >= 4 is 0 Å². The number of hydrogen-bond acceptors (Lipinski definition) is 3. The van der Waals surface area contributed by atoms with Crippen LogP contribution in [0.2, 0.25) is 0 Å². The van der Waals surface area contributed by atoms with Crippen molar-refractivity contribution in [3.8, 4) is 5.75 Å². The van der Waals surface area contributed by atoms with Gasteiger partial charge in [-0.2, -0.15) is 0 Å². The first-order valence-corrected chi connectivity index (χ1v) is 8.37. The van der Waals surface area contributed by atoms with Crippen molar-refractivity contribution in [1.29, 1.82) is 0 Å². The van der Waals surface area contributed by atoms with E-state index < -0.39 is 0 Å². The molecule has 1 aromatic carbocycles. The van der Waals surface area contributed by atoms with E-state index in [1.807, 2.05) is 0 Å². The summed E-state index contributed by atoms with van der Waals surface area (Å²) >= 11 is 0. The molecule has 0 radical (unpaired) electrons. The number of likely N-dealkylation sites (N-methyl/N-ethyl adjacent to an activating group) is 1. The summed E-state index contributed by atoms with van der Waals surface area (Å²) in [5, 5.41) is 3.63. The van der Waals surface area contributed by atoms with Crippen LogP contribution in [0.4, 0.5) is 0 Å². The number of hydrogen-bond donors (Lipinski definition) is 1. The molecule has 116 valence electrons. The minimum atomic E-state index is 0.378. The molecule has 1 fully saturated rings. The van der Waals surface area contributed by atoms with Crippen molar-refractivity contribution in [3.05, 3.63) is 29.3 Å². The van der Waals surface area contributed by atoms with E-state index in [1.54, 1.807) is 0 Å². The van der Waals surface area contributed by atoms with Gasteiger partial charge in [0.2, 0.25) is 0 Å². The van der Waals surface area contributed by atoms with Gasteiger partial charge in [0.05, 0.1) is 12.7 Å². The molecule has 0 aromatic heterocycles. The molecule has 0 saturated carbocycles. The number of rotatable bonds is 6. The summed E-state index contributed by atoms with van der Waals surface area (Å²) in [4.78, 5) is 0. The fraction of sp³-hybridized carbons (Fsp3) is 0.667. The predicted molar refractivity (Wildman–Crippen MR) is 84.9 cm³/mol. The van der Waals surface area contributed by atoms with Crippen LogP contribution in [0.1, 0.15) is 37.8 Å². The van der Waals surface area contributed by atoms with Crippen LogP contribution in [0.15, 0.2) is 18.2 Å². The monoisotopic (exact) mass is 289 g/mol. The Morgan fingerprint density at radius 3 is 3.00 bits per heavy atom. The van der Waals surface area contributed by atoms with Gasteiger partial charge in [-0.25, -0.2) is 0 Å². The lowest BCUT2D eigenvalue weighted by Crippen LogP contribution is -2.42. The first kappa shape index (κ1) is 14.9. The van der Waals surface area contributed by atoms with Crippen molar-refractivity contribution in [1.82, 2.24) is 5.32 Å². The molecule has 0 aliphatic carbocycles. The van der Waals surface area contributed by atoms with Crippen LogP contribution in [0, 0.1) is 5.92 Å². The molecule has 21 heavy (non-hydrogen) atoms. The maximum absolute atomic E-state index is 5.96. The van der Waals surface area contributed by atoms with Crippen LogP contribution in [0.3, 0.4) is 0 Å². The first-order chi connectivity index (χ1) is 10.3. The number of nitrogens with one attached hydrogen (secondary N) is 1. The minimum Gasteiger partial charge on any atom is -0.493 e. The molecule has 1 aromatic rings. The molecule has 1 saturated heterocycles. The second kappa shape index (κ2) is 6.80. The van der Waals surface area contributed by atoms with Gasteiger partial charge >= 0.3 is 0 Å². The highest BCUT2D eigenvalue weighted by Gasteiger charge is 2.31. The van der Waals surface area contributed by atoms with Crippen LogP contribution in [0.5, 0.6) is 5.75 Å². The number of benzene rings is 1. The lowest BCUT2D eigenvalue weighted by Gasteiger charge is -2.27. The fourth-order valence-electron chi connectivity index (χ4n) is 3.59. The van der Waals surface area contributed by atoms with Crippen LogP contribution >= 0.6 is 0 Å². The van der Waals surface area contributed by atoms with Crippen molar-refractivity contribution in [3.63, 3.8) is 0 Å². The maximum atomic E-state index is 5.96. The Balaban J connectivity index is 1.61. The van der Waals surface area contributed by atoms with Crippen LogP contribution < -0.4 is 10.1 Å². The number of ether oxygens (including phenoxy) is 2. The lowest BCUT2D eigenvalue weighted by molar-refractivity contribution is 0.0588. The molecular formula is C18H27NO2. The van der Waals surface area contributed by atoms with Gasteiger partial charge in [0, 0.05) is 19.1 Å². The second-order valence-corrected chi connectivity index (χ2v) is 6.34. The van der Waals surface area contributed by atoms with E-state index >= 15 is 0 Å². The standard InChI is InChI=1S/C18H27NO2/c1-3-19-16(18-13(2)8-10-21-18)6-4-14-5-7-17-15(12-14)9-11-20-17/h5,7,12-13,16,18-19H,3-4,6,8-11H2,1-2H3. The van der Waals surface area contributed by atoms with Gasteiger partial charge in [-0.1, -0.05) is 26.0 Å². The Morgan fingerprint density at radius 2 is 2.24 bits per heavy atom. The zero-order valence-electron chi connectivity index (χ0n) is 13.2. The van der Waals surface area contributed by atoms with Gasteiger partial charge in [-0.15, -0.1) is 0 Å². The van der Waals surface area contributed by atoms with E-state index in [2.05, 4.69) is 37.4 Å². The first-order valence-electron chi connectivity index (χ1n) is 8.37. The molecule has 0 amide bonds. The van der Waals surface area contributed by atoms with E-state index in [4.69, 9.17) is 9.47 Å². The van der Waals surface area contributed by atoms with Crippen LogP contribution in [-0.2, 0) is 17.6 Å². The van der Waals surface area contributed by atoms with E-state index in [0.29, 0.717) is 18.1 Å². The highest BCUT2D eigenvalue weighted by atomic mass is 16.5. The van der Waals surface area contributed by atoms with Crippen molar-refractivity contribution in [2.24, 2.45) is 5.92 Å². The average Bonchev–Trinajstić information content (AvgIpc) is 3.11. The third-order valence-corrected chi connectivity index (χ3v) is 4.81. The molecule has 3 nitrogen and oxygen atoms in total. The molecule has 3 atom stereocenters. The summed E-state index contributed by atoms with van der Waals surface area (Å²) < 4.78 is 11.5. The summed E-state index contributed by atoms with van der Waals surface area (Å²) in [5.74, 6) is 1.75. The third kappa shape index (κ3) is 3.41. The van der Waals surface area contributed by atoms with Gasteiger partial charge in [0.15, 0.2) is 0 Å². The predicted octanol–water partition coefficient (Wildman–Crippen LogP) is 2.96. The third-order valence-electron chi connectivity index (χ3n) is 4.81. The Kier molecular flexibility index (Phi) is 4.81. The molecule has 2 aliphatic rings. The molecule has 1 N–H and O–H groups in total. The van der Waals surface area contributed by atoms with Crippen LogP contribution in [-0.4, -0.2) is 31.9 Å². The van der Waals surface area contributed by atoms with E-state index in [-0.39, 0.29) is 0 Å². The van der Waals surface area contributed by atoms with E-state index in [1.165, 1.54) is 17.5 Å². The van der Waals surface area contributed by atoms with Gasteiger partial charge in [-0.05, 0) is 48.9 Å². The number of aryl methyl sites for hydroxylation is 1. The normalized spacial score (nSPS) is 25.6. The molecule has 0 spiro atoms. The van der Waals surface area contributed by atoms with E-state index in [0.717, 1.165) is 44.8 Å². The Hall–Kier alpha value is -1.06.